The first-order chi connectivity index (χ1) is 15.2. The summed E-state index contributed by atoms with van der Waals surface area (Å²) in [4.78, 5) is 41.4. The van der Waals surface area contributed by atoms with Crippen molar-refractivity contribution < 1.29 is 19.1 Å². The number of nitrogens with one attached hydrogen (secondary N) is 2. The number of ether oxygens (including phenoxy) is 1. The highest BCUT2D eigenvalue weighted by Gasteiger charge is 2.26. The van der Waals surface area contributed by atoms with Crippen molar-refractivity contribution in [3.8, 4) is 5.75 Å². The molecule has 0 unspecified atom stereocenters. The highest BCUT2D eigenvalue weighted by atomic mass is 16.5. The van der Waals surface area contributed by atoms with Crippen LogP contribution in [0.2, 0.25) is 0 Å². The Kier molecular flexibility index (Phi) is 6.77. The van der Waals surface area contributed by atoms with Crippen molar-refractivity contribution in [2.75, 3.05) is 11.9 Å². The van der Waals surface area contributed by atoms with Crippen molar-refractivity contribution >= 4 is 34.4 Å². The first-order valence-electron chi connectivity index (χ1n) is 10.3. The van der Waals surface area contributed by atoms with Crippen molar-refractivity contribution in [3.63, 3.8) is 0 Å². The largest absolute Gasteiger partial charge is 0.488 e. The van der Waals surface area contributed by atoms with E-state index in [1.54, 1.807) is 41.9 Å². The second-order valence-corrected chi connectivity index (χ2v) is 7.58. The third-order valence-electron chi connectivity index (χ3n) is 4.81. The standard InChI is InChI=1S/C23H27N5O4/c1-5-16-17(27-22(30)14-9-7-6-8-10-14)11-15-20(32-13(2)3)19(28(4)21(15)26-16)23(31)25-12-18(24)29/h6-11,13H,5,12H2,1-4H3,(H2,24,29)(H,25,31)(H,27,30). The predicted octanol–water partition coefficient (Wildman–Crippen LogP) is 2.39. The molecule has 0 spiro atoms. The van der Waals surface area contributed by atoms with E-state index in [2.05, 4.69) is 10.6 Å². The number of hydrogen-bond donors (Lipinski definition) is 3. The van der Waals surface area contributed by atoms with Crippen molar-refractivity contribution in [2.45, 2.75) is 33.3 Å². The fourth-order valence-electron chi connectivity index (χ4n) is 3.37. The molecule has 2 heterocycles. The summed E-state index contributed by atoms with van der Waals surface area (Å²) in [5.41, 5.74) is 7.63. The van der Waals surface area contributed by atoms with Crippen molar-refractivity contribution in [2.24, 2.45) is 12.8 Å². The lowest BCUT2D eigenvalue weighted by Crippen LogP contribution is -2.34. The number of benzene rings is 1. The van der Waals surface area contributed by atoms with Gasteiger partial charge in [0.05, 0.1) is 29.4 Å². The molecule has 0 aliphatic heterocycles. The summed E-state index contributed by atoms with van der Waals surface area (Å²) < 4.78 is 7.59. The van der Waals surface area contributed by atoms with Gasteiger partial charge in [-0.05, 0) is 38.5 Å². The van der Waals surface area contributed by atoms with Crippen molar-refractivity contribution in [1.29, 1.82) is 0 Å². The van der Waals surface area contributed by atoms with Crippen LogP contribution in [0, 0.1) is 0 Å². The summed E-state index contributed by atoms with van der Waals surface area (Å²) >= 11 is 0. The second kappa shape index (κ2) is 9.51. The summed E-state index contributed by atoms with van der Waals surface area (Å²) in [7, 11) is 1.70. The predicted molar refractivity (Wildman–Crippen MR) is 122 cm³/mol. The molecule has 3 amide bonds. The number of primary amides is 1. The van der Waals surface area contributed by atoms with Crippen LogP contribution in [-0.4, -0.2) is 39.9 Å². The van der Waals surface area contributed by atoms with Gasteiger partial charge in [0, 0.05) is 12.6 Å². The summed E-state index contributed by atoms with van der Waals surface area (Å²) in [6.45, 7) is 5.32. The Bertz CT molecular complexity index is 1170. The van der Waals surface area contributed by atoms with Gasteiger partial charge < -0.3 is 25.7 Å². The van der Waals surface area contributed by atoms with Gasteiger partial charge in [-0.3, -0.25) is 14.4 Å². The van der Waals surface area contributed by atoms with Crippen LogP contribution in [-0.2, 0) is 18.3 Å². The number of carbonyl (C=O) groups excluding carboxylic acids is 3. The highest BCUT2D eigenvalue weighted by molar-refractivity contribution is 6.07. The monoisotopic (exact) mass is 437 g/mol. The molecule has 3 rings (SSSR count). The van der Waals surface area contributed by atoms with Crippen LogP contribution in [0.15, 0.2) is 36.4 Å². The Morgan fingerprint density at radius 2 is 1.84 bits per heavy atom. The van der Waals surface area contributed by atoms with Crippen molar-refractivity contribution in [1.82, 2.24) is 14.9 Å². The molecule has 0 aliphatic rings. The van der Waals surface area contributed by atoms with Crippen LogP contribution in [0.25, 0.3) is 11.0 Å². The van der Waals surface area contributed by atoms with Gasteiger partial charge >= 0.3 is 0 Å². The molecule has 168 valence electrons. The average Bonchev–Trinajstić information content (AvgIpc) is 3.02. The minimum Gasteiger partial charge on any atom is -0.488 e. The van der Waals surface area contributed by atoms with Gasteiger partial charge in [-0.25, -0.2) is 4.98 Å². The fraction of sp³-hybridized carbons (Fsp3) is 0.304. The minimum absolute atomic E-state index is 0.219. The first kappa shape index (κ1) is 22.8. The number of hydrogen-bond acceptors (Lipinski definition) is 5. The average molecular weight is 438 g/mol. The molecule has 32 heavy (non-hydrogen) atoms. The number of amides is 3. The van der Waals surface area contributed by atoms with E-state index in [-0.39, 0.29) is 24.2 Å². The molecular weight excluding hydrogens is 410 g/mol. The van der Waals surface area contributed by atoms with E-state index in [1.807, 2.05) is 26.8 Å². The van der Waals surface area contributed by atoms with E-state index in [4.69, 9.17) is 15.5 Å². The molecule has 0 saturated heterocycles. The summed E-state index contributed by atoms with van der Waals surface area (Å²) in [5, 5.41) is 5.99. The van der Waals surface area contributed by atoms with E-state index >= 15 is 0 Å². The fourth-order valence-corrected chi connectivity index (χ4v) is 3.37. The van der Waals surface area contributed by atoms with Crippen LogP contribution in [0.1, 0.15) is 47.3 Å². The Morgan fingerprint density at radius 1 is 1.16 bits per heavy atom. The Labute approximate surface area is 185 Å². The minimum atomic E-state index is -0.652. The Hall–Kier alpha value is -3.88. The normalized spacial score (nSPS) is 10.9. The smallest absolute Gasteiger partial charge is 0.272 e. The van der Waals surface area contributed by atoms with E-state index in [0.717, 1.165) is 0 Å². The lowest BCUT2D eigenvalue weighted by atomic mass is 10.1. The molecule has 1 aromatic carbocycles. The van der Waals surface area contributed by atoms with Crippen LogP contribution in [0.3, 0.4) is 0 Å². The quantitative estimate of drug-likeness (QED) is 0.498. The van der Waals surface area contributed by atoms with Crippen LogP contribution < -0.4 is 21.1 Å². The summed E-state index contributed by atoms with van der Waals surface area (Å²) in [6.07, 6.45) is 0.339. The van der Waals surface area contributed by atoms with E-state index in [1.165, 1.54) is 0 Å². The summed E-state index contributed by atoms with van der Waals surface area (Å²) in [5.74, 6) is -1.10. The van der Waals surface area contributed by atoms with Crippen LogP contribution in [0.5, 0.6) is 5.75 Å². The molecule has 9 nitrogen and oxygen atoms in total. The molecule has 3 aromatic rings. The first-order valence-corrected chi connectivity index (χ1v) is 10.3. The second-order valence-electron chi connectivity index (χ2n) is 7.58. The number of rotatable bonds is 8. The lowest BCUT2D eigenvalue weighted by molar-refractivity contribution is -0.117. The SMILES string of the molecule is CCc1nc2c(cc1NC(=O)c1ccccc1)c(OC(C)C)c(C(=O)NCC(N)=O)n2C. The molecule has 0 fully saturated rings. The van der Waals surface area contributed by atoms with E-state index < -0.39 is 11.8 Å². The maximum Gasteiger partial charge on any atom is 0.272 e. The van der Waals surface area contributed by atoms with Gasteiger partial charge in [0.25, 0.3) is 11.8 Å². The summed E-state index contributed by atoms with van der Waals surface area (Å²) in [6, 6.07) is 10.6. The van der Waals surface area contributed by atoms with Gasteiger partial charge in [-0.1, -0.05) is 25.1 Å². The number of pyridine rings is 1. The third-order valence-corrected chi connectivity index (χ3v) is 4.81. The van der Waals surface area contributed by atoms with E-state index in [9.17, 15) is 14.4 Å². The van der Waals surface area contributed by atoms with Gasteiger partial charge in [-0.15, -0.1) is 0 Å². The molecule has 0 radical (unpaired) electrons. The Morgan fingerprint density at radius 3 is 2.44 bits per heavy atom. The zero-order chi connectivity index (χ0) is 23.4. The molecule has 0 bridgehead atoms. The van der Waals surface area contributed by atoms with Crippen molar-refractivity contribution in [3.05, 3.63) is 53.3 Å². The molecular formula is C23H27N5O4. The van der Waals surface area contributed by atoms with Crippen LogP contribution >= 0.6 is 0 Å². The number of fused-ring (bicyclic) bond motifs is 1. The zero-order valence-corrected chi connectivity index (χ0v) is 18.6. The zero-order valence-electron chi connectivity index (χ0n) is 18.6. The topological polar surface area (TPSA) is 128 Å². The van der Waals surface area contributed by atoms with Gasteiger partial charge in [0.15, 0.2) is 11.4 Å². The van der Waals surface area contributed by atoms with Gasteiger partial charge in [0.1, 0.15) is 5.65 Å². The number of nitrogens with zero attached hydrogens (tertiary/aromatic N) is 2. The maximum absolute atomic E-state index is 12.8. The maximum atomic E-state index is 12.8. The molecule has 4 N–H and O–H groups in total. The van der Waals surface area contributed by atoms with E-state index in [0.29, 0.717) is 40.1 Å². The molecule has 0 saturated carbocycles. The molecule has 0 atom stereocenters. The molecule has 9 heteroatoms. The number of aryl methyl sites for hydroxylation is 2. The molecule has 0 aliphatic carbocycles. The number of nitrogens with two attached hydrogens (primary N) is 1. The number of anilines is 1. The van der Waals surface area contributed by atoms with Gasteiger partial charge in [0.2, 0.25) is 5.91 Å². The highest BCUT2D eigenvalue weighted by Crippen LogP contribution is 2.35. The third kappa shape index (κ3) is 4.72. The molecule has 2 aromatic heterocycles. The number of aromatic nitrogens is 2. The van der Waals surface area contributed by atoms with Gasteiger partial charge in [-0.2, -0.15) is 0 Å². The van der Waals surface area contributed by atoms with Crippen LogP contribution in [0.4, 0.5) is 5.69 Å². The number of carbonyl (C=O) groups is 3. The lowest BCUT2D eigenvalue weighted by Gasteiger charge is -2.13. The Balaban J connectivity index is 2.12.